The molecule has 0 heterocycles. The molecular weight excluding hydrogens is 268 g/mol. The normalized spacial score (nSPS) is 9.94. The van der Waals surface area contributed by atoms with E-state index in [0.717, 1.165) is 16.5 Å². The molecule has 0 aromatic heterocycles. The summed E-state index contributed by atoms with van der Waals surface area (Å²) >= 11 is 3.54. The fourth-order valence-electron chi connectivity index (χ4n) is 1.45. The smallest absolute Gasteiger partial charge is 0.302 e. The van der Waals surface area contributed by atoms with Crippen LogP contribution in [0.25, 0.3) is 0 Å². The summed E-state index contributed by atoms with van der Waals surface area (Å²) in [5.74, 6) is -0.266. The number of halogens is 1. The maximum Gasteiger partial charge on any atom is 0.302 e. The molecule has 0 unspecified atom stereocenters. The number of hydrogen-bond donors (Lipinski definition) is 0. The Morgan fingerprint density at radius 2 is 2.25 bits per heavy atom. The summed E-state index contributed by atoms with van der Waals surface area (Å²) in [6.45, 7) is 7.51. The minimum absolute atomic E-state index is 0.266. The van der Waals surface area contributed by atoms with Crippen molar-refractivity contribution in [2.75, 3.05) is 0 Å². The van der Waals surface area contributed by atoms with Gasteiger partial charge in [-0.1, -0.05) is 34.1 Å². The number of allylic oxidation sites excluding steroid dienone is 1. The van der Waals surface area contributed by atoms with Crippen molar-refractivity contribution in [3.8, 4) is 0 Å². The van der Waals surface area contributed by atoms with Crippen molar-refractivity contribution < 1.29 is 9.53 Å². The van der Waals surface area contributed by atoms with Crippen LogP contribution in [0.15, 0.2) is 29.3 Å². The number of ether oxygens (including phenoxy) is 1. The number of carbonyl (C=O) groups is 1. The zero-order valence-corrected chi connectivity index (χ0v) is 11.1. The van der Waals surface area contributed by atoms with E-state index in [1.807, 2.05) is 18.2 Å². The molecule has 0 aliphatic carbocycles. The monoisotopic (exact) mass is 282 g/mol. The highest BCUT2D eigenvalue weighted by molar-refractivity contribution is 9.10. The minimum atomic E-state index is -0.266. The van der Waals surface area contributed by atoms with E-state index >= 15 is 0 Å². The molecule has 86 valence electrons. The highest BCUT2D eigenvalue weighted by Crippen LogP contribution is 2.26. The SMILES string of the molecule is C=CCc1c(C)ccc(COC(C)=O)c1Br. The lowest BCUT2D eigenvalue weighted by molar-refractivity contribution is -0.142. The maximum atomic E-state index is 10.8. The van der Waals surface area contributed by atoms with Crippen LogP contribution in [0.3, 0.4) is 0 Å². The summed E-state index contributed by atoms with van der Waals surface area (Å²) in [5, 5.41) is 0. The standard InChI is InChI=1S/C13H15BrO2/c1-4-5-12-9(2)6-7-11(13(12)14)8-16-10(3)15/h4,6-7H,1,5,8H2,2-3H3. The average Bonchev–Trinajstić information content (AvgIpc) is 2.23. The van der Waals surface area contributed by atoms with Gasteiger partial charge in [-0.2, -0.15) is 0 Å². The van der Waals surface area contributed by atoms with Crippen LogP contribution in [-0.4, -0.2) is 5.97 Å². The Kier molecular flexibility index (Phi) is 4.74. The Hall–Kier alpha value is -1.09. The van der Waals surface area contributed by atoms with Gasteiger partial charge in [-0.3, -0.25) is 4.79 Å². The van der Waals surface area contributed by atoms with E-state index in [0.29, 0.717) is 6.61 Å². The van der Waals surface area contributed by atoms with Gasteiger partial charge in [0.15, 0.2) is 0 Å². The molecule has 0 fully saturated rings. The van der Waals surface area contributed by atoms with Gasteiger partial charge < -0.3 is 4.74 Å². The van der Waals surface area contributed by atoms with Crippen molar-refractivity contribution in [3.05, 3.63) is 46.0 Å². The first-order valence-corrected chi connectivity index (χ1v) is 5.86. The van der Waals surface area contributed by atoms with Gasteiger partial charge in [0.25, 0.3) is 0 Å². The van der Waals surface area contributed by atoms with Crippen LogP contribution in [-0.2, 0) is 22.6 Å². The number of aryl methyl sites for hydroxylation is 1. The van der Waals surface area contributed by atoms with E-state index in [1.165, 1.54) is 18.1 Å². The predicted molar refractivity (Wildman–Crippen MR) is 68.3 cm³/mol. The first-order valence-electron chi connectivity index (χ1n) is 5.07. The van der Waals surface area contributed by atoms with Crippen molar-refractivity contribution in [2.24, 2.45) is 0 Å². The van der Waals surface area contributed by atoms with E-state index in [9.17, 15) is 4.79 Å². The van der Waals surface area contributed by atoms with Crippen LogP contribution in [0.1, 0.15) is 23.6 Å². The second-order valence-corrected chi connectivity index (χ2v) is 4.40. The summed E-state index contributed by atoms with van der Waals surface area (Å²) in [5.41, 5.74) is 3.38. The molecule has 0 spiro atoms. The number of hydrogen-bond acceptors (Lipinski definition) is 2. The Morgan fingerprint density at radius 1 is 1.56 bits per heavy atom. The molecule has 1 rings (SSSR count). The van der Waals surface area contributed by atoms with Crippen molar-refractivity contribution in [1.82, 2.24) is 0 Å². The van der Waals surface area contributed by atoms with E-state index in [2.05, 4.69) is 29.4 Å². The predicted octanol–water partition coefficient (Wildman–Crippen LogP) is 3.55. The lowest BCUT2D eigenvalue weighted by Crippen LogP contribution is -2.01. The van der Waals surface area contributed by atoms with Crippen LogP contribution in [0.2, 0.25) is 0 Å². The third-order valence-corrected chi connectivity index (χ3v) is 3.32. The summed E-state index contributed by atoms with van der Waals surface area (Å²) in [4.78, 5) is 10.8. The van der Waals surface area contributed by atoms with Gasteiger partial charge in [0.05, 0.1) is 0 Å². The molecule has 1 aromatic rings. The molecular formula is C13H15BrO2. The Balaban J connectivity index is 2.98. The number of carbonyl (C=O) groups excluding carboxylic acids is 1. The van der Waals surface area contributed by atoms with E-state index in [1.54, 1.807) is 0 Å². The fourth-order valence-corrected chi connectivity index (χ4v) is 2.17. The van der Waals surface area contributed by atoms with Crippen LogP contribution >= 0.6 is 15.9 Å². The van der Waals surface area contributed by atoms with Gasteiger partial charge >= 0.3 is 5.97 Å². The first kappa shape index (κ1) is 13.0. The molecule has 0 saturated carbocycles. The van der Waals surface area contributed by atoms with Crippen LogP contribution in [0.5, 0.6) is 0 Å². The Labute approximate surface area is 104 Å². The maximum absolute atomic E-state index is 10.8. The van der Waals surface area contributed by atoms with Crippen LogP contribution in [0, 0.1) is 6.92 Å². The van der Waals surface area contributed by atoms with Crippen LogP contribution < -0.4 is 0 Å². The third-order valence-electron chi connectivity index (χ3n) is 2.34. The van der Waals surface area contributed by atoms with Gasteiger partial charge in [0.2, 0.25) is 0 Å². The highest BCUT2D eigenvalue weighted by atomic mass is 79.9. The molecule has 0 aliphatic heterocycles. The van der Waals surface area contributed by atoms with E-state index in [4.69, 9.17) is 4.74 Å². The van der Waals surface area contributed by atoms with Gasteiger partial charge in [0.1, 0.15) is 6.61 Å². The average molecular weight is 283 g/mol. The molecule has 1 aromatic carbocycles. The molecule has 16 heavy (non-hydrogen) atoms. The third kappa shape index (κ3) is 3.20. The molecule has 0 atom stereocenters. The van der Waals surface area contributed by atoms with Crippen molar-refractivity contribution >= 4 is 21.9 Å². The molecule has 0 bridgehead atoms. The highest BCUT2D eigenvalue weighted by Gasteiger charge is 2.08. The van der Waals surface area contributed by atoms with Gasteiger partial charge in [0, 0.05) is 17.0 Å². The van der Waals surface area contributed by atoms with Crippen molar-refractivity contribution in [3.63, 3.8) is 0 Å². The Morgan fingerprint density at radius 3 is 2.81 bits per heavy atom. The van der Waals surface area contributed by atoms with Gasteiger partial charge in [-0.25, -0.2) is 0 Å². The van der Waals surface area contributed by atoms with Crippen molar-refractivity contribution in [2.45, 2.75) is 26.9 Å². The summed E-state index contributed by atoms with van der Waals surface area (Å²) in [7, 11) is 0. The second kappa shape index (κ2) is 5.85. The zero-order chi connectivity index (χ0) is 12.1. The van der Waals surface area contributed by atoms with Gasteiger partial charge in [-0.15, -0.1) is 6.58 Å². The van der Waals surface area contributed by atoms with Gasteiger partial charge in [-0.05, 0) is 24.5 Å². The number of benzene rings is 1. The molecule has 0 amide bonds. The van der Waals surface area contributed by atoms with Crippen molar-refractivity contribution in [1.29, 1.82) is 0 Å². The fraction of sp³-hybridized carbons (Fsp3) is 0.308. The second-order valence-electron chi connectivity index (χ2n) is 3.61. The largest absolute Gasteiger partial charge is 0.461 e. The van der Waals surface area contributed by atoms with Crippen LogP contribution in [0.4, 0.5) is 0 Å². The lowest BCUT2D eigenvalue weighted by Gasteiger charge is -2.11. The van der Waals surface area contributed by atoms with E-state index in [-0.39, 0.29) is 5.97 Å². The number of rotatable bonds is 4. The quantitative estimate of drug-likeness (QED) is 0.624. The Bertz CT molecular complexity index is 411. The minimum Gasteiger partial charge on any atom is -0.461 e. The lowest BCUT2D eigenvalue weighted by atomic mass is 10.0. The first-order chi connectivity index (χ1) is 7.56. The molecule has 0 aliphatic rings. The van der Waals surface area contributed by atoms with E-state index < -0.39 is 0 Å². The molecule has 0 N–H and O–H groups in total. The summed E-state index contributed by atoms with van der Waals surface area (Å²) in [6.07, 6.45) is 2.67. The topological polar surface area (TPSA) is 26.3 Å². The summed E-state index contributed by atoms with van der Waals surface area (Å²) < 4.78 is 6.00. The summed E-state index contributed by atoms with van der Waals surface area (Å²) in [6, 6.07) is 4.00. The molecule has 0 radical (unpaired) electrons. The molecule has 0 saturated heterocycles. The molecule has 2 nitrogen and oxygen atoms in total. The zero-order valence-electron chi connectivity index (χ0n) is 9.55. The number of esters is 1. The molecule has 3 heteroatoms.